The first-order chi connectivity index (χ1) is 8.33. The molecular formula is C13H15N3O. The molecule has 1 aliphatic heterocycles. The number of H-pyrrole nitrogens is 1. The average Bonchev–Trinajstić information content (AvgIpc) is 2.96. The number of rotatable bonds is 3. The van der Waals surface area contributed by atoms with Crippen molar-refractivity contribution in [1.29, 1.82) is 0 Å². The number of benzene rings is 1. The van der Waals surface area contributed by atoms with E-state index in [1.165, 1.54) is 5.56 Å². The van der Waals surface area contributed by atoms with Crippen LogP contribution in [0.3, 0.4) is 0 Å². The minimum atomic E-state index is -0.0337. The van der Waals surface area contributed by atoms with E-state index in [0.29, 0.717) is 6.42 Å². The van der Waals surface area contributed by atoms with E-state index in [1.807, 2.05) is 24.4 Å². The zero-order valence-corrected chi connectivity index (χ0v) is 9.47. The summed E-state index contributed by atoms with van der Waals surface area (Å²) in [6.45, 7) is 0. The van der Waals surface area contributed by atoms with Crippen molar-refractivity contribution in [1.82, 2.24) is 9.97 Å². The molecule has 2 unspecified atom stereocenters. The molecular weight excluding hydrogens is 214 g/mol. The number of fused-ring (bicyclic) bond motifs is 1. The van der Waals surface area contributed by atoms with Crippen LogP contribution in [0.2, 0.25) is 0 Å². The summed E-state index contributed by atoms with van der Waals surface area (Å²) in [6, 6.07) is 8.07. The molecule has 1 aliphatic rings. The fraction of sp³-hybridized carbons (Fsp3) is 0.308. The second kappa shape index (κ2) is 4.22. The fourth-order valence-corrected chi connectivity index (χ4v) is 2.21. The van der Waals surface area contributed by atoms with Gasteiger partial charge in [0, 0.05) is 31.3 Å². The first-order valence-corrected chi connectivity index (χ1v) is 5.81. The van der Waals surface area contributed by atoms with Crippen molar-refractivity contribution >= 4 is 0 Å². The molecule has 0 saturated heterocycles. The van der Waals surface area contributed by atoms with Crippen molar-refractivity contribution in [2.45, 2.75) is 25.0 Å². The Balaban J connectivity index is 1.68. The quantitative estimate of drug-likeness (QED) is 0.833. The Hall–Kier alpha value is -1.81. The molecule has 17 heavy (non-hydrogen) atoms. The smallest absolute Gasteiger partial charge is 0.123 e. The van der Waals surface area contributed by atoms with Crippen molar-refractivity contribution in [3.8, 4) is 5.75 Å². The van der Waals surface area contributed by atoms with E-state index < -0.39 is 0 Å². The highest BCUT2D eigenvalue weighted by atomic mass is 16.5. The van der Waals surface area contributed by atoms with E-state index in [-0.39, 0.29) is 12.1 Å². The second-order valence-electron chi connectivity index (χ2n) is 4.37. The van der Waals surface area contributed by atoms with Gasteiger partial charge in [-0.15, -0.1) is 0 Å². The van der Waals surface area contributed by atoms with Crippen LogP contribution in [0, 0.1) is 0 Å². The highest BCUT2D eigenvalue weighted by molar-refractivity contribution is 5.37. The molecule has 2 heterocycles. The predicted octanol–water partition coefficient (Wildman–Crippen LogP) is 1.28. The van der Waals surface area contributed by atoms with Crippen LogP contribution in [-0.2, 0) is 12.8 Å². The number of nitrogens with one attached hydrogen (secondary N) is 1. The van der Waals surface area contributed by atoms with E-state index in [1.54, 1.807) is 6.20 Å². The van der Waals surface area contributed by atoms with E-state index in [0.717, 1.165) is 18.0 Å². The summed E-state index contributed by atoms with van der Waals surface area (Å²) in [5, 5.41) is 0. The molecule has 2 atom stereocenters. The number of imidazole rings is 1. The van der Waals surface area contributed by atoms with Gasteiger partial charge in [-0.1, -0.05) is 18.2 Å². The third kappa shape index (κ3) is 2.03. The Morgan fingerprint density at radius 1 is 1.47 bits per heavy atom. The van der Waals surface area contributed by atoms with Gasteiger partial charge >= 0.3 is 0 Å². The zero-order valence-electron chi connectivity index (χ0n) is 9.47. The van der Waals surface area contributed by atoms with Gasteiger partial charge in [0.15, 0.2) is 0 Å². The second-order valence-corrected chi connectivity index (χ2v) is 4.37. The molecule has 0 aliphatic carbocycles. The minimum Gasteiger partial charge on any atom is -0.488 e. The zero-order chi connectivity index (χ0) is 11.7. The lowest BCUT2D eigenvalue weighted by Gasteiger charge is -2.17. The SMILES string of the molecule is NC(Cc1ncc[nH]1)C1Cc2ccccc2O1. The molecule has 1 aromatic carbocycles. The molecule has 88 valence electrons. The Morgan fingerprint density at radius 2 is 2.35 bits per heavy atom. The van der Waals surface area contributed by atoms with E-state index in [9.17, 15) is 0 Å². The minimum absolute atomic E-state index is 0.0337. The lowest BCUT2D eigenvalue weighted by atomic mass is 10.0. The summed E-state index contributed by atoms with van der Waals surface area (Å²) in [4.78, 5) is 7.25. The summed E-state index contributed by atoms with van der Waals surface area (Å²) in [5.74, 6) is 1.88. The molecule has 0 amide bonds. The summed E-state index contributed by atoms with van der Waals surface area (Å²) < 4.78 is 5.85. The van der Waals surface area contributed by atoms with E-state index in [2.05, 4.69) is 16.0 Å². The van der Waals surface area contributed by atoms with E-state index in [4.69, 9.17) is 10.5 Å². The standard InChI is InChI=1S/C13H15N3O/c14-10(8-13-15-5-6-16-13)12-7-9-3-1-2-4-11(9)17-12/h1-6,10,12H,7-8,14H2,(H,15,16). The predicted molar refractivity (Wildman–Crippen MR) is 64.8 cm³/mol. The van der Waals surface area contributed by atoms with Gasteiger partial charge in [-0.05, 0) is 11.6 Å². The molecule has 4 heteroatoms. The molecule has 3 N–H and O–H groups in total. The largest absolute Gasteiger partial charge is 0.488 e. The topological polar surface area (TPSA) is 63.9 Å². The number of aromatic amines is 1. The summed E-state index contributed by atoms with van der Waals surface area (Å²) in [7, 11) is 0. The van der Waals surface area contributed by atoms with Crippen LogP contribution in [0.5, 0.6) is 5.75 Å². The van der Waals surface area contributed by atoms with Crippen molar-refractivity contribution in [2.75, 3.05) is 0 Å². The average molecular weight is 229 g/mol. The van der Waals surface area contributed by atoms with Gasteiger partial charge in [0.2, 0.25) is 0 Å². The van der Waals surface area contributed by atoms with Gasteiger partial charge in [0.1, 0.15) is 17.7 Å². The van der Waals surface area contributed by atoms with Crippen molar-refractivity contribution in [3.63, 3.8) is 0 Å². The highest BCUT2D eigenvalue weighted by Gasteiger charge is 2.28. The van der Waals surface area contributed by atoms with Crippen LogP contribution >= 0.6 is 0 Å². The molecule has 2 aromatic rings. The van der Waals surface area contributed by atoms with Gasteiger partial charge in [-0.2, -0.15) is 0 Å². The fourth-order valence-electron chi connectivity index (χ4n) is 2.21. The number of hydrogen-bond donors (Lipinski definition) is 2. The Labute approximate surface area is 99.8 Å². The number of hydrogen-bond acceptors (Lipinski definition) is 3. The normalized spacial score (nSPS) is 19.7. The van der Waals surface area contributed by atoms with Crippen LogP contribution in [0.1, 0.15) is 11.4 Å². The van der Waals surface area contributed by atoms with Gasteiger partial charge < -0.3 is 15.5 Å². The van der Waals surface area contributed by atoms with Gasteiger partial charge in [0.25, 0.3) is 0 Å². The molecule has 0 saturated carbocycles. The number of aromatic nitrogens is 2. The molecule has 0 bridgehead atoms. The van der Waals surface area contributed by atoms with Gasteiger partial charge in [-0.3, -0.25) is 0 Å². The number of ether oxygens (including phenoxy) is 1. The summed E-state index contributed by atoms with van der Waals surface area (Å²) in [5.41, 5.74) is 7.41. The molecule has 0 fully saturated rings. The third-order valence-corrected chi connectivity index (χ3v) is 3.13. The maximum absolute atomic E-state index is 6.16. The Kier molecular flexibility index (Phi) is 2.57. The molecule has 0 spiro atoms. The van der Waals surface area contributed by atoms with Crippen LogP contribution in [0.25, 0.3) is 0 Å². The van der Waals surface area contributed by atoms with Crippen molar-refractivity contribution < 1.29 is 4.74 Å². The molecule has 1 aromatic heterocycles. The Bertz CT molecular complexity index is 470. The lowest BCUT2D eigenvalue weighted by molar-refractivity contribution is 0.197. The van der Waals surface area contributed by atoms with Crippen LogP contribution in [0.4, 0.5) is 0 Å². The maximum Gasteiger partial charge on any atom is 0.123 e. The number of nitrogens with zero attached hydrogens (tertiary/aromatic N) is 1. The van der Waals surface area contributed by atoms with Crippen LogP contribution in [-0.4, -0.2) is 22.1 Å². The first-order valence-electron chi connectivity index (χ1n) is 5.81. The van der Waals surface area contributed by atoms with Crippen LogP contribution < -0.4 is 10.5 Å². The molecule has 3 rings (SSSR count). The first kappa shape index (κ1) is 10.4. The molecule has 0 radical (unpaired) electrons. The van der Waals surface area contributed by atoms with Crippen LogP contribution in [0.15, 0.2) is 36.7 Å². The van der Waals surface area contributed by atoms with E-state index >= 15 is 0 Å². The van der Waals surface area contributed by atoms with Crippen molar-refractivity contribution in [3.05, 3.63) is 48.0 Å². The Morgan fingerprint density at radius 3 is 3.12 bits per heavy atom. The lowest BCUT2D eigenvalue weighted by Crippen LogP contribution is -2.39. The van der Waals surface area contributed by atoms with Crippen molar-refractivity contribution in [2.24, 2.45) is 5.73 Å². The molecule has 4 nitrogen and oxygen atoms in total. The monoisotopic (exact) mass is 229 g/mol. The maximum atomic E-state index is 6.16. The van der Waals surface area contributed by atoms with Gasteiger partial charge in [-0.25, -0.2) is 4.98 Å². The third-order valence-electron chi connectivity index (χ3n) is 3.13. The van der Waals surface area contributed by atoms with Gasteiger partial charge in [0.05, 0.1) is 0 Å². The number of nitrogens with two attached hydrogens (primary N) is 1. The number of para-hydroxylation sites is 1. The summed E-state index contributed by atoms with van der Waals surface area (Å²) >= 11 is 0. The highest BCUT2D eigenvalue weighted by Crippen LogP contribution is 2.29. The summed E-state index contributed by atoms with van der Waals surface area (Å²) in [6.07, 6.45) is 5.21.